The molecular weight excluding hydrogens is 276 g/mol. The lowest BCUT2D eigenvalue weighted by molar-refractivity contribution is 0.0972. The Hall–Kier alpha value is -3.08. The smallest absolute Gasteiger partial charge is 0.274 e. The Morgan fingerprint density at radius 3 is 2.59 bits per heavy atom. The summed E-state index contributed by atoms with van der Waals surface area (Å²) in [6, 6.07) is 19.2. The highest BCUT2D eigenvalue weighted by molar-refractivity contribution is 6.06. The lowest BCUT2D eigenvalue weighted by Gasteiger charge is -2.03. The number of amides is 1. The number of hydrogen-bond acceptors (Lipinski definition) is 2. The Morgan fingerprint density at radius 2 is 1.82 bits per heavy atom. The molecule has 0 bridgehead atoms. The van der Waals surface area contributed by atoms with Gasteiger partial charge in [0.2, 0.25) is 0 Å². The molecule has 0 radical (unpaired) electrons. The van der Waals surface area contributed by atoms with Gasteiger partial charge in [0.1, 0.15) is 5.69 Å². The van der Waals surface area contributed by atoms with Gasteiger partial charge in [-0.2, -0.15) is 0 Å². The first-order valence-electron chi connectivity index (χ1n) is 6.95. The number of aromatic amines is 1. The molecular formula is C17H16N4O. The number of hydrogen-bond donors (Lipinski definition) is 3. The summed E-state index contributed by atoms with van der Waals surface area (Å²) in [5.74, 6) is -0.196. The van der Waals surface area contributed by atoms with Crippen LogP contribution in [0.5, 0.6) is 0 Å². The monoisotopic (exact) mass is 292 g/mol. The fourth-order valence-electron chi connectivity index (χ4n) is 2.18. The second-order valence-electron chi connectivity index (χ2n) is 4.91. The van der Waals surface area contributed by atoms with Gasteiger partial charge in [-0.3, -0.25) is 10.1 Å². The molecule has 1 amide bonds. The van der Waals surface area contributed by atoms with Gasteiger partial charge in [-0.05, 0) is 17.7 Å². The Labute approximate surface area is 127 Å². The molecule has 4 N–H and O–H groups in total. The minimum Gasteiger partial charge on any atom is -0.370 e. The third kappa shape index (κ3) is 3.15. The molecule has 1 heterocycles. The fraction of sp³-hybridized carbons (Fsp3) is 0.0588. The normalized spacial score (nSPS) is 11.5. The standard InChI is InChI=1S/C17H16N4O/c18-17(19-11-12-6-2-1-3-7-12)21-16(22)15-10-13-8-4-5-9-14(13)20-15/h1-10,20H,11H2,(H3,18,19,21,22). The molecule has 0 fully saturated rings. The van der Waals surface area contributed by atoms with Crippen molar-refractivity contribution in [2.45, 2.75) is 6.54 Å². The van der Waals surface area contributed by atoms with E-state index in [-0.39, 0.29) is 11.9 Å². The average molecular weight is 292 g/mol. The van der Waals surface area contributed by atoms with Crippen molar-refractivity contribution in [2.24, 2.45) is 10.7 Å². The number of nitrogens with one attached hydrogen (secondary N) is 2. The molecule has 0 saturated heterocycles. The van der Waals surface area contributed by atoms with Gasteiger partial charge in [0.05, 0.1) is 6.54 Å². The van der Waals surface area contributed by atoms with E-state index < -0.39 is 0 Å². The summed E-state index contributed by atoms with van der Waals surface area (Å²) in [5.41, 5.74) is 8.16. The number of benzene rings is 2. The molecule has 0 unspecified atom stereocenters. The number of H-pyrrole nitrogens is 1. The molecule has 5 heteroatoms. The van der Waals surface area contributed by atoms with Gasteiger partial charge in [0.25, 0.3) is 5.91 Å². The fourth-order valence-corrected chi connectivity index (χ4v) is 2.18. The van der Waals surface area contributed by atoms with E-state index in [1.165, 1.54) is 0 Å². The minimum absolute atomic E-state index is 0.104. The highest BCUT2D eigenvalue weighted by Gasteiger charge is 2.10. The minimum atomic E-state index is -0.300. The van der Waals surface area contributed by atoms with E-state index in [1.807, 2.05) is 54.6 Å². The molecule has 0 aliphatic rings. The van der Waals surface area contributed by atoms with E-state index in [0.717, 1.165) is 16.5 Å². The lowest BCUT2D eigenvalue weighted by atomic mass is 10.2. The number of nitrogens with zero attached hydrogens (tertiary/aromatic N) is 1. The SMILES string of the molecule is NC(=NCc1ccccc1)NC(=O)c1cc2ccccc2[nH]1. The summed E-state index contributed by atoms with van der Waals surface area (Å²) in [6.45, 7) is 0.430. The number of aliphatic imine (C=N–C) groups is 1. The van der Waals surface area contributed by atoms with E-state index in [0.29, 0.717) is 12.2 Å². The third-order valence-electron chi connectivity index (χ3n) is 3.29. The zero-order valence-electron chi connectivity index (χ0n) is 11.9. The van der Waals surface area contributed by atoms with Crippen LogP contribution in [0.4, 0.5) is 0 Å². The van der Waals surface area contributed by atoms with Gasteiger partial charge >= 0.3 is 0 Å². The van der Waals surface area contributed by atoms with Crippen molar-refractivity contribution in [3.8, 4) is 0 Å². The van der Waals surface area contributed by atoms with Crippen LogP contribution in [0.3, 0.4) is 0 Å². The van der Waals surface area contributed by atoms with Crippen molar-refractivity contribution in [3.63, 3.8) is 0 Å². The number of aromatic nitrogens is 1. The summed E-state index contributed by atoms with van der Waals surface area (Å²) >= 11 is 0. The number of para-hydroxylation sites is 1. The maximum Gasteiger partial charge on any atom is 0.274 e. The molecule has 0 spiro atoms. The molecule has 110 valence electrons. The molecule has 0 saturated carbocycles. The maximum atomic E-state index is 12.1. The number of nitrogens with two attached hydrogens (primary N) is 1. The van der Waals surface area contributed by atoms with Crippen LogP contribution < -0.4 is 11.1 Å². The molecule has 22 heavy (non-hydrogen) atoms. The van der Waals surface area contributed by atoms with Crippen molar-refractivity contribution < 1.29 is 4.79 Å². The second kappa shape index (κ2) is 6.13. The summed E-state index contributed by atoms with van der Waals surface area (Å²) in [7, 11) is 0. The van der Waals surface area contributed by atoms with Gasteiger partial charge in [-0.1, -0.05) is 48.5 Å². The van der Waals surface area contributed by atoms with Crippen LogP contribution >= 0.6 is 0 Å². The van der Waals surface area contributed by atoms with Crippen LogP contribution in [0, 0.1) is 0 Å². The van der Waals surface area contributed by atoms with E-state index in [4.69, 9.17) is 5.73 Å². The van der Waals surface area contributed by atoms with Crippen LogP contribution in [0.15, 0.2) is 65.7 Å². The van der Waals surface area contributed by atoms with Gasteiger partial charge < -0.3 is 10.7 Å². The highest BCUT2D eigenvalue weighted by Crippen LogP contribution is 2.14. The number of guanidine groups is 1. The van der Waals surface area contributed by atoms with E-state index >= 15 is 0 Å². The molecule has 3 rings (SSSR count). The Kier molecular flexibility index (Phi) is 3.87. The van der Waals surface area contributed by atoms with Crippen LogP contribution in [0.1, 0.15) is 16.1 Å². The molecule has 5 nitrogen and oxygen atoms in total. The summed E-state index contributed by atoms with van der Waals surface area (Å²) in [4.78, 5) is 19.3. The van der Waals surface area contributed by atoms with Crippen molar-refractivity contribution in [2.75, 3.05) is 0 Å². The Balaban J connectivity index is 1.68. The quantitative estimate of drug-likeness (QED) is 0.511. The average Bonchev–Trinajstić information content (AvgIpc) is 2.98. The summed E-state index contributed by atoms with van der Waals surface area (Å²) < 4.78 is 0. The van der Waals surface area contributed by atoms with E-state index in [9.17, 15) is 4.79 Å². The molecule has 2 aromatic carbocycles. The number of carbonyl (C=O) groups excluding carboxylic acids is 1. The Morgan fingerprint density at radius 1 is 1.09 bits per heavy atom. The van der Waals surface area contributed by atoms with Gasteiger partial charge in [0, 0.05) is 10.9 Å². The molecule has 3 aromatic rings. The van der Waals surface area contributed by atoms with Crippen LogP contribution in [0.25, 0.3) is 10.9 Å². The molecule has 0 atom stereocenters. The first-order chi connectivity index (χ1) is 10.7. The van der Waals surface area contributed by atoms with Crippen molar-refractivity contribution in [1.29, 1.82) is 0 Å². The highest BCUT2D eigenvalue weighted by atomic mass is 16.2. The summed E-state index contributed by atoms with van der Waals surface area (Å²) in [5, 5.41) is 3.56. The van der Waals surface area contributed by atoms with Crippen LogP contribution in [0.2, 0.25) is 0 Å². The predicted octanol–water partition coefficient (Wildman–Crippen LogP) is 2.41. The summed E-state index contributed by atoms with van der Waals surface area (Å²) in [6.07, 6.45) is 0. The molecule has 1 aromatic heterocycles. The topological polar surface area (TPSA) is 83.3 Å². The van der Waals surface area contributed by atoms with Gasteiger partial charge in [-0.15, -0.1) is 0 Å². The third-order valence-corrected chi connectivity index (χ3v) is 3.29. The number of fused-ring (bicyclic) bond motifs is 1. The van der Waals surface area contributed by atoms with Gasteiger partial charge in [0.15, 0.2) is 5.96 Å². The predicted molar refractivity (Wildman–Crippen MR) is 87.5 cm³/mol. The first-order valence-corrected chi connectivity index (χ1v) is 6.95. The number of carbonyl (C=O) groups is 1. The zero-order chi connectivity index (χ0) is 15.4. The number of rotatable bonds is 3. The van der Waals surface area contributed by atoms with Gasteiger partial charge in [-0.25, -0.2) is 4.99 Å². The van der Waals surface area contributed by atoms with E-state index in [1.54, 1.807) is 6.07 Å². The van der Waals surface area contributed by atoms with Crippen LogP contribution in [-0.2, 0) is 6.54 Å². The second-order valence-corrected chi connectivity index (χ2v) is 4.91. The van der Waals surface area contributed by atoms with Crippen molar-refractivity contribution >= 4 is 22.8 Å². The first kappa shape index (κ1) is 13.9. The van der Waals surface area contributed by atoms with Crippen molar-refractivity contribution in [3.05, 3.63) is 71.9 Å². The van der Waals surface area contributed by atoms with Crippen LogP contribution in [-0.4, -0.2) is 16.9 Å². The van der Waals surface area contributed by atoms with E-state index in [2.05, 4.69) is 15.3 Å². The Bertz CT molecular complexity index is 788. The van der Waals surface area contributed by atoms with Crippen molar-refractivity contribution in [1.82, 2.24) is 10.3 Å². The molecule has 0 aliphatic heterocycles. The zero-order valence-corrected chi connectivity index (χ0v) is 11.9. The maximum absolute atomic E-state index is 12.1. The largest absolute Gasteiger partial charge is 0.370 e. The lowest BCUT2D eigenvalue weighted by Crippen LogP contribution is -2.37. The molecule has 0 aliphatic carbocycles.